The molecular weight excluding hydrogens is 242 g/mol. The van der Waals surface area contributed by atoms with Crippen molar-refractivity contribution in [3.63, 3.8) is 0 Å². The predicted molar refractivity (Wildman–Crippen MR) is 61.2 cm³/mol. The molecule has 18 heavy (non-hydrogen) atoms. The van der Waals surface area contributed by atoms with Gasteiger partial charge in [-0.15, -0.1) is 0 Å². The molecule has 1 rings (SSSR count). The summed E-state index contributed by atoms with van der Waals surface area (Å²) in [5.41, 5.74) is -0.175. The third-order valence-corrected chi connectivity index (χ3v) is 2.44. The lowest BCUT2D eigenvalue weighted by Gasteiger charge is -2.15. The highest BCUT2D eigenvalue weighted by Gasteiger charge is 2.32. The molecule has 1 aromatic carbocycles. The lowest BCUT2D eigenvalue weighted by molar-refractivity contribution is -0.147. The third-order valence-electron chi connectivity index (χ3n) is 2.44. The number of Topliss-reactive ketones (excluding diaryl/α,β-unsaturated/α-hetero) is 1. The van der Waals surface area contributed by atoms with E-state index in [4.69, 9.17) is 0 Å². The zero-order chi connectivity index (χ0) is 13.9. The van der Waals surface area contributed by atoms with Crippen LogP contribution in [-0.2, 0) is 14.3 Å². The Kier molecular flexibility index (Phi) is 4.53. The van der Waals surface area contributed by atoms with Crippen LogP contribution in [0, 0.1) is 18.6 Å². The number of hydrogen-bond acceptors (Lipinski definition) is 3. The van der Waals surface area contributed by atoms with Crippen molar-refractivity contribution in [2.75, 3.05) is 6.61 Å². The fourth-order valence-electron chi connectivity index (χ4n) is 1.70. The number of carbonyl (C=O) groups is 2. The zero-order valence-electron chi connectivity index (χ0n) is 10.4. The van der Waals surface area contributed by atoms with Gasteiger partial charge >= 0.3 is 5.97 Å². The quantitative estimate of drug-likeness (QED) is 0.614. The Hall–Kier alpha value is -1.78. The Morgan fingerprint density at radius 2 is 1.78 bits per heavy atom. The molecule has 1 atom stereocenters. The smallest absolute Gasteiger partial charge is 0.321 e. The van der Waals surface area contributed by atoms with Crippen molar-refractivity contribution in [2.24, 2.45) is 0 Å². The summed E-state index contributed by atoms with van der Waals surface area (Å²) in [5, 5.41) is 0. The van der Waals surface area contributed by atoms with Crippen molar-refractivity contribution >= 4 is 11.8 Å². The highest BCUT2D eigenvalue weighted by atomic mass is 19.1. The van der Waals surface area contributed by atoms with Crippen LogP contribution in [0.3, 0.4) is 0 Å². The summed E-state index contributed by atoms with van der Waals surface area (Å²) in [6.07, 6.45) is 0. The molecule has 0 N–H and O–H groups in total. The first-order valence-electron chi connectivity index (χ1n) is 5.51. The van der Waals surface area contributed by atoms with E-state index >= 15 is 0 Å². The molecule has 98 valence electrons. The van der Waals surface area contributed by atoms with Crippen LogP contribution in [0.25, 0.3) is 0 Å². The van der Waals surface area contributed by atoms with Crippen LogP contribution in [0.2, 0.25) is 0 Å². The Bertz CT molecular complexity index is 460. The molecule has 0 aliphatic carbocycles. The number of halogens is 2. The monoisotopic (exact) mass is 256 g/mol. The van der Waals surface area contributed by atoms with Gasteiger partial charge < -0.3 is 4.74 Å². The molecule has 0 amide bonds. The molecule has 1 unspecified atom stereocenters. The highest BCUT2D eigenvalue weighted by Crippen LogP contribution is 2.26. The summed E-state index contributed by atoms with van der Waals surface area (Å²) < 4.78 is 32.1. The summed E-state index contributed by atoms with van der Waals surface area (Å²) in [5.74, 6) is -4.98. The number of rotatable bonds is 4. The molecule has 3 nitrogen and oxygen atoms in total. The summed E-state index contributed by atoms with van der Waals surface area (Å²) in [6, 6.07) is 2.15. The molecule has 5 heteroatoms. The van der Waals surface area contributed by atoms with E-state index in [0.29, 0.717) is 5.56 Å². The first kappa shape index (κ1) is 14.3. The molecule has 0 saturated heterocycles. The van der Waals surface area contributed by atoms with Gasteiger partial charge in [-0.3, -0.25) is 9.59 Å². The van der Waals surface area contributed by atoms with Crippen LogP contribution in [0.5, 0.6) is 0 Å². The highest BCUT2D eigenvalue weighted by molar-refractivity contribution is 6.03. The minimum Gasteiger partial charge on any atom is -0.465 e. The van der Waals surface area contributed by atoms with Crippen molar-refractivity contribution in [1.29, 1.82) is 0 Å². The largest absolute Gasteiger partial charge is 0.465 e. The minimum absolute atomic E-state index is 0.0394. The molecule has 0 radical (unpaired) electrons. The Labute approximate surface area is 104 Å². The first-order chi connectivity index (χ1) is 8.38. The maximum atomic E-state index is 13.7. The van der Waals surface area contributed by atoms with Crippen molar-refractivity contribution in [1.82, 2.24) is 0 Å². The second-order valence-corrected chi connectivity index (χ2v) is 3.94. The van der Waals surface area contributed by atoms with Gasteiger partial charge in [-0.05, 0) is 38.5 Å². The van der Waals surface area contributed by atoms with E-state index in [1.165, 1.54) is 6.92 Å². The summed E-state index contributed by atoms with van der Waals surface area (Å²) in [7, 11) is 0. The molecule has 0 saturated carbocycles. The topological polar surface area (TPSA) is 43.4 Å². The molecule has 0 heterocycles. The van der Waals surface area contributed by atoms with Gasteiger partial charge in [-0.2, -0.15) is 0 Å². The lowest BCUT2D eigenvalue weighted by Crippen LogP contribution is -2.24. The second kappa shape index (κ2) is 5.71. The molecular formula is C13H14F2O3. The van der Waals surface area contributed by atoms with Gasteiger partial charge in [0, 0.05) is 5.56 Å². The van der Waals surface area contributed by atoms with E-state index in [-0.39, 0.29) is 6.61 Å². The summed E-state index contributed by atoms with van der Waals surface area (Å²) >= 11 is 0. The van der Waals surface area contributed by atoms with E-state index in [1.807, 2.05) is 0 Å². The van der Waals surface area contributed by atoms with Gasteiger partial charge in [0.05, 0.1) is 6.61 Å². The van der Waals surface area contributed by atoms with Crippen molar-refractivity contribution < 1.29 is 23.1 Å². The second-order valence-electron chi connectivity index (χ2n) is 3.94. The van der Waals surface area contributed by atoms with E-state index in [1.54, 1.807) is 6.92 Å². The number of carbonyl (C=O) groups excluding carboxylic acids is 2. The van der Waals surface area contributed by atoms with Gasteiger partial charge in [0.1, 0.15) is 23.3 Å². The average molecular weight is 256 g/mol. The number of esters is 1. The van der Waals surface area contributed by atoms with Gasteiger partial charge in [-0.25, -0.2) is 8.78 Å². The number of hydrogen-bond donors (Lipinski definition) is 0. The lowest BCUT2D eigenvalue weighted by atomic mass is 9.93. The Morgan fingerprint density at radius 3 is 2.17 bits per heavy atom. The van der Waals surface area contributed by atoms with E-state index in [0.717, 1.165) is 19.1 Å². The van der Waals surface area contributed by atoms with E-state index in [9.17, 15) is 18.4 Å². The number of ether oxygens (including phenoxy) is 1. The SMILES string of the molecule is CCOC(=O)C(C(C)=O)c1c(F)cc(C)cc1F. The van der Waals surface area contributed by atoms with Gasteiger partial charge in [0.25, 0.3) is 0 Å². The number of benzene rings is 1. The van der Waals surface area contributed by atoms with E-state index in [2.05, 4.69) is 4.74 Å². The standard InChI is InChI=1S/C13H14F2O3/c1-4-18-13(17)11(8(3)16)12-9(14)5-7(2)6-10(12)15/h5-6,11H,4H2,1-3H3. The minimum atomic E-state index is -1.55. The van der Waals surface area contributed by atoms with Crippen molar-refractivity contribution in [3.8, 4) is 0 Å². The molecule has 0 aliphatic heterocycles. The summed E-state index contributed by atoms with van der Waals surface area (Å²) in [4.78, 5) is 23.0. The fraction of sp³-hybridized carbons (Fsp3) is 0.385. The van der Waals surface area contributed by atoms with Gasteiger partial charge in [0.15, 0.2) is 0 Å². The fourth-order valence-corrected chi connectivity index (χ4v) is 1.70. The first-order valence-corrected chi connectivity index (χ1v) is 5.51. The van der Waals surface area contributed by atoms with Gasteiger partial charge in [-0.1, -0.05) is 0 Å². The number of aryl methyl sites for hydroxylation is 1. The van der Waals surface area contributed by atoms with Crippen LogP contribution >= 0.6 is 0 Å². The maximum absolute atomic E-state index is 13.7. The van der Waals surface area contributed by atoms with Crippen LogP contribution in [-0.4, -0.2) is 18.4 Å². The zero-order valence-corrected chi connectivity index (χ0v) is 10.4. The van der Waals surface area contributed by atoms with Crippen molar-refractivity contribution in [3.05, 3.63) is 34.9 Å². The van der Waals surface area contributed by atoms with Crippen LogP contribution in [0.15, 0.2) is 12.1 Å². The van der Waals surface area contributed by atoms with Gasteiger partial charge in [0.2, 0.25) is 0 Å². The molecule has 0 aromatic heterocycles. The third kappa shape index (κ3) is 2.91. The van der Waals surface area contributed by atoms with Crippen LogP contribution in [0.1, 0.15) is 30.9 Å². The van der Waals surface area contributed by atoms with Crippen molar-refractivity contribution in [2.45, 2.75) is 26.7 Å². The van der Waals surface area contributed by atoms with E-state index < -0.39 is 34.9 Å². The van der Waals surface area contributed by atoms with Crippen LogP contribution < -0.4 is 0 Å². The molecule has 0 fully saturated rings. The normalized spacial score (nSPS) is 12.1. The molecule has 0 spiro atoms. The molecule has 0 aliphatic rings. The molecule has 0 bridgehead atoms. The maximum Gasteiger partial charge on any atom is 0.321 e. The predicted octanol–water partition coefficient (Wildman–Crippen LogP) is 2.51. The molecule has 1 aromatic rings. The Balaban J connectivity index is 3.31. The Morgan fingerprint density at radius 1 is 1.28 bits per heavy atom. The summed E-state index contributed by atoms with van der Waals surface area (Å²) in [6.45, 7) is 4.21. The average Bonchev–Trinajstić information content (AvgIpc) is 2.22. The van der Waals surface area contributed by atoms with Crippen LogP contribution in [0.4, 0.5) is 8.78 Å². The number of ketones is 1.